The first-order valence-corrected chi connectivity index (χ1v) is 4.15. The SMILES string of the molecule is COC(=O)Cc1c(C(F)F)cnc(F)c1F. The molecule has 0 bridgehead atoms. The summed E-state index contributed by atoms with van der Waals surface area (Å²) in [6.45, 7) is 0. The van der Waals surface area contributed by atoms with Gasteiger partial charge < -0.3 is 4.74 Å². The normalized spacial score (nSPS) is 10.6. The standard InChI is InChI=1S/C9H7F4NO2/c1-16-6(15)2-4-5(8(11)12)3-14-9(13)7(4)10/h3,8H,2H2,1H3. The van der Waals surface area contributed by atoms with Crippen LogP contribution in [0.1, 0.15) is 17.6 Å². The second kappa shape index (κ2) is 4.91. The molecule has 0 aliphatic rings. The molecule has 16 heavy (non-hydrogen) atoms. The third-order valence-corrected chi connectivity index (χ3v) is 1.90. The number of pyridine rings is 1. The molecule has 0 unspecified atom stereocenters. The summed E-state index contributed by atoms with van der Waals surface area (Å²) in [5.41, 5.74) is -1.54. The van der Waals surface area contributed by atoms with Crippen molar-refractivity contribution in [2.75, 3.05) is 7.11 Å². The number of rotatable bonds is 3. The van der Waals surface area contributed by atoms with E-state index in [2.05, 4.69) is 9.72 Å². The van der Waals surface area contributed by atoms with E-state index in [-0.39, 0.29) is 0 Å². The van der Waals surface area contributed by atoms with Crippen LogP contribution in [0.4, 0.5) is 17.6 Å². The topological polar surface area (TPSA) is 39.2 Å². The summed E-state index contributed by atoms with van der Waals surface area (Å²) in [6, 6.07) is 0. The van der Waals surface area contributed by atoms with Crippen molar-refractivity contribution >= 4 is 5.97 Å². The number of aromatic nitrogens is 1. The highest BCUT2D eigenvalue weighted by Gasteiger charge is 2.22. The predicted octanol–water partition coefficient (Wildman–Crippen LogP) is 2.01. The average Bonchev–Trinajstić information content (AvgIpc) is 2.24. The maximum atomic E-state index is 13.1. The molecule has 1 heterocycles. The number of esters is 1. The number of alkyl halides is 2. The zero-order valence-electron chi connectivity index (χ0n) is 8.14. The van der Waals surface area contributed by atoms with E-state index in [0.29, 0.717) is 6.20 Å². The number of methoxy groups -OCH3 is 1. The Hall–Kier alpha value is -1.66. The Labute approximate surface area is 88.0 Å². The van der Waals surface area contributed by atoms with Crippen LogP contribution >= 0.6 is 0 Å². The molecule has 0 radical (unpaired) electrons. The molecule has 0 aliphatic carbocycles. The first kappa shape index (κ1) is 12.4. The van der Waals surface area contributed by atoms with Gasteiger partial charge in [-0.05, 0) is 0 Å². The summed E-state index contributed by atoms with van der Waals surface area (Å²) in [4.78, 5) is 13.7. The third kappa shape index (κ3) is 2.47. The fraction of sp³-hybridized carbons (Fsp3) is 0.333. The summed E-state index contributed by atoms with van der Waals surface area (Å²) in [6.07, 6.45) is -3.30. The van der Waals surface area contributed by atoms with Crippen molar-refractivity contribution in [3.8, 4) is 0 Å². The minimum Gasteiger partial charge on any atom is -0.469 e. The van der Waals surface area contributed by atoms with E-state index < -0.39 is 41.7 Å². The quantitative estimate of drug-likeness (QED) is 0.458. The molecule has 7 heteroatoms. The van der Waals surface area contributed by atoms with Gasteiger partial charge in [-0.25, -0.2) is 18.2 Å². The number of halogens is 4. The fourth-order valence-corrected chi connectivity index (χ4v) is 1.10. The van der Waals surface area contributed by atoms with Crippen molar-refractivity contribution in [1.29, 1.82) is 0 Å². The zero-order chi connectivity index (χ0) is 12.3. The molecule has 0 amide bonds. The molecule has 0 saturated heterocycles. The summed E-state index contributed by atoms with van der Waals surface area (Å²) in [7, 11) is 1.01. The molecule has 0 N–H and O–H groups in total. The van der Waals surface area contributed by atoms with Gasteiger partial charge in [0.2, 0.25) is 5.95 Å². The second-order valence-electron chi connectivity index (χ2n) is 2.85. The maximum absolute atomic E-state index is 13.1. The van der Waals surface area contributed by atoms with Gasteiger partial charge in [-0.3, -0.25) is 4.79 Å². The molecule has 1 aromatic rings. The molecule has 0 aromatic carbocycles. The van der Waals surface area contributed by atoms with E-state index in [1.54, 1.807) is 0 Å². The van der Waals surface area contributed by atoms with Gasteiger partial charge in [0.05, 0.1) is 13.5 Å². The minimum absolute atomic E-state index is 0.501. The van der Waals surface area contributed by atoms with E-state index in [1.165, 1.54) is 0 Å². The molecular weight excluding hydrogens is 230 g/mol. The van der Waals surface area contributed by atoms with Crippen molar-refractivity contribution in [1.82, 2.24) is 4.98 Å². The molecular formula is C9H7F4NO2. The number of nitrogens with zero attached hydrogens (tertiary/aromatic N) is 1. The van der Waals surface area contributed by atoms with Crippen LogP contribution in [0, 0.1) is 11.8 Å². The van der Waals surface area contributed by atoms with Gasteiger partial charge in [0, 0.05) is 17.3 Å². The highest BCUT2D eigenvalue weighted by Crippen LogP contribution is 2.25. The first-order chi connectivity index (χ1) is 7.47. The molecule has 0 aliphatic heterocycles. The Morgan fingerprint density at radius 2 is 2.12 bits per heavy atom. The molecule has 1 rings (SSSR count). The largest absolute Gasteiger partial charge is 0.469 e. The number of hydrogen-bond donors (Lipinski definition) is 0. The van der Waals surface area contributed by atoms with Crippen LogP contribution in [0.15, 0.2) is 6.20 Å². The van der Waals surface area contributed by atoms with E-state index >= 15 is 0 Å². The van der Waals surface area contributed by atoms with Gasteiger partial charge in [-0.15, -0.1) is 0 Å². The highest BCUT2D eigenvalue weighted by molar-refractivity contribution is 5.72. The van der Waals surface area contributed by atoms with E-state index in [1.807, 2.05) is 0 Å². The summed E-state index contributed by atoms with van der Waals surface area (Å²) < 4.78 is 54.8. The van der Waals surface area contributed by atoms with Gasteiger partial charge in [0.1, 0.15) is 0 Å². The van der Waals surface area contributed by atoms with Crippen LogP contribution < -0.4 is 0 Å². The molecule has 88 valence electrons. The van der Waals surface area contributed by atoms with E-state index in [0.717, 1.165) is 7.11 Å². The van der Waals surface area contributed by atoms with E-state index in [9.17, 15) is 22.4 Å². The highest BCUT2D eigenvalue weighted by atomic mass is 19.3. The van der Waals surface area contributed by atoms with Crippen molar-refractivity contribution in [2.24, 2.45) is 0 Å². The van der Waals surface area contributed by atoms with E-state index in [4.69, 9.17) is 0 Å². The van der Waals surface area contributed by atoms with Crippen LogP contribution in [0.2, 0.25) is 0 Å². The molecule has 1 aromatic heterocycles. The van der Waals surface area contributed by atoms with Crippen LogP contribution in [0.25, 0.3) is 0 Å². The molecule has 0 spiro atoms. The van der Waals surface area contributed by atoms with Gasteiger partial charge in [0.25, 0.3) is 6.43 Å². The lowest BCUT2D eigenvalue weighted by molar-refractivity contribution is -0.139. The second-order valence-corrected chi connectivity index (χ2v) is 2.85. The van der Waals surface area contributed by atoms with Gasteiger partial charge in [-0.1, -0.05) is 0 Å². The number of carbonyl (C=O) groups excluding carboxylic acids is 1. The van der Waals surface area contributed by atoms with Crippen molar-refractivity contribution in [3.63, 3.8) is 0 Å². The summed E-state index contributed by atoms with van der Waals surface area (Å²) in [5.74, 6) is -4.02. The third-order valence-electron chi connectivity index (χ3n) is 1.90. The van der Waals surface area contributed by atoms with Crippen LogP contribution in [0.3, 0.4) is 0 Å². The Morgan fingerprint density at radius 1 is 1.50 bits per heavy atom. The Bertz CT molecular complexity index is 409. The van der Waals surface area contributed by atoms with Crippen molar-refractivity contribution < 1.29 is 27.1 Å². The predicted molar refractivity (Wildman–Crippen MR) is 44.8 cm³/mol. The maximum Gasteiger partial charge on any atom is 0.310 e. The average molecular weight is 237 g/mol. The minimum atomic E-state index is -3.04. The summed E-state index contributed by atoms with van der Waals surface area (Å²) >= 11 is 0. The Morgan fingerprint density at radius 3 is 2.62 bits per heavy atom. The number of carbonyl (C=O) groups is 1. The molecule has 3 nitrogen and oxygen atoms in total. The van der Waals surface area contributed by atoms with Crippen LogP contribution in [0.5, 0.6) is 0 Å². The molecule has 0 fully saturated rings. The van der Waals surface area contributed by atoms with Gasteiger partial charge >= 0.3 is 5.97 Å². The number of ether oxygens (including phenoxy) is 1. The Kier molecular flexibility index (Phi) is 3.81. The summed E-state index contributed by atoms with van der Waals surface area (Å²) in [5, 5.41) is 0. The zero-order valence-corrected chi connectivity index (χ0v) is 8.14. The number of hydrogen-bond acceptors (Lipinski definition) is 3. The lowest BCUT2D eigenvalue weighted by Crippen LogP contribution is -2.11. The molecule has 0 atom stereocenters. The smallest absolute Gasteiger partial charge is 0.310 e. The monoisotopic (exact) mass is 237 g/mol. The van der Waals surface area contributed by atoms with Gasteiger partial charge in [-0.2, -0.15) is 4.39 Å². The lowest BCUT2D eigenvalue weighted by Gasteiger charge is -2.08. The Balaban J connectivity index is 3.20. The van der Waals surface area contributed by atoms with Crippen molar-refractivity contribution in [3.05, 3.63) is 29.1 Å². The van der Waals surface area contributed by atoms with Crippen molar-refractivity contribution in [2.45, 2.75) is 12.8 Å². The van der Waals surface area contributed by atoms with Crippen LogP contribution in [-0.2, 0) is 16.0 Å². The van der Waals surface area contributed by atoms with Gasteiger partial charge in [0.15, 0.2) is 5.82 Å². The van der Waals surface area contributed by atoms with Crippen LogP contribution in [-0.4, -0.2) is 18.1 Å². The fourth-order valence-electron chi connectivity index (χ4n) is 1.10. The molecule has 0 saturated carbocycles. The first-order valence-electron chi connectivity index (χ1n) is 4.15. The lowest BCUT2D eigenvalue weighted by atomic mass is 10.1.